The molecule has 1 amide bonds. The third-order valence-electron chi connectivity index (χ3n) is 5.48. The van der Waals surface area contributed by atoms with Crippen molar-refractivity contribution in [1.82, 2.24) is 4.72 Å². The van der Waals surface area contributed by atoms with Crippen LogP contribution < -0.4 is 9.62 Å². The van der Waals surface area contributed by atoms with Gasteiger partial charge in [0.15, 0.2) is 0 Å². The average Bonchev–Trinajstić information content (AvgIpc) is 3.30. The van der Waals surface area contributed by atoms with Crippen molar-refractivity contribution in [3.05, 3.63) is 59.2 Å². The lowest BCUT2D eigenvalue weighted by Gasteiger charge is -2.18. The van der Waals surface area contributed by atoms with E-state index in [1.54, 1.807) is 23.1 Å². The maximum absolute atomic E-state index is 12.8. The molecule has 142 valence electrons. The Hall–Kier alpha value is -2.18. The lowest BCUT2D eigenvalue weighted by molar-refractivity contribution is 0.0989. The van der Waals surface area contributed by atoms with Crippen molar-refractivity contribution in [1.29, 1.82) is 0 Å². The molecule has 1 aliphatic carbocycles. The number of rotatable bonds is 4. The first-order chi connectivity index (χ1) is 12.9. The van der Waals surface area contributed by atoms with Crippen molar-refractivity contribution in [3.8, 4) is 0 Å². The van der Waals surface area contributed by atoms with E-state index in [1.165, 1.54) is 0 Å². The van der Waals surface area contributed by atoms with Gasteiger partial charge in [0.1, 0.15) is 0 Å². The fourth-order valence-corrected chi connectivity index (χ4v) is 5.29. The van der Waals surface area contributed by atoms with Gasteiger partial charge in [0.05, 0.1) is 4.90 Å². The number of benzene rings is 2. The van der Waals surface area contributed by atoms with Gasteiger partial charge in [-0.1, -0.05) is 30.5 Å². The first-order valence-electron chi connectivity index (χ1n) is 9.48. The summed E-state index contributed by atoms with van der Waals surface area (Å²) in [5.74, 6) is -0.0477. The second-order valence-electron chi connectivity index (χ2n) is 7.47. The van der Waals surface area contributed by atoms with Gasteiger partial charge in [-0.3, -0.25) is 4.79 Å². The molecule has 1 saturated carbocycles. The van der Waals surface area contributed by atoms with E-state index < -0.39 is 10.0 Å². The van der Waals surface area contributed by atoms with E-state index in [1.807, 2.05) is 31.2 Å². The maximum atomic E-state index is 12.8. The highest BCUT2D eigenvalue weighted by Crippen LogP contribution is 2.32. The molecule has 0 radical (unpaired) electrons. The van der Waals surface area contributed by atoms with Gasteiger partial charge in [0.25, 0.3) is 5.91 Å². The SMILES string of the molecule is Cc1ccc(C(=O)N2CCc3cc(S(=O)(=O)NC4CCCC4)ccc32)cc1. The maximum Gasteiger partial charge on any atom is 0.258 e. The molecule has 27 heavy (non-hydrogen) atoms. The highest BCUT2D eigenvalue weighted by Gasteiger charge is 2.28. The number of nitrogens with one attached hydrogen (secondary N) is 1. The van der Waals surface area contributed by atoms with Gasteiger partial charge < -0.3 is 4.90 Å². The fourth-order valence-electron chi connectivity index (χ4n) is 3.94. The van der Waals surface area contributed by atoms with Gasteiger partial charge in [-0.15, -0.1) is 0 Å². The van der Waals surface area contributed by atoms with Crippen LogP contribution in [0.1, 0.15) is 47.2 Å². The molecule has 1 N–H and O–H groups in total. The minimum atomic E-state index is -3.51. The lowest BCUT2D eigenvalue weighted by atomic mass is 10.1. The number of aryl methyl sites for hydroxylation is 1. The molecular formula is C21H24N2O3S. The van der Waals surface area contributed by atoms with Crippen molar-refractivity contribution in [2.45, 2.75) is 50.0 Å². The van der Waals surface area contributed by atoms with Gasteiger partial charge in [-0.2, -0.15) is 0 Å². The summed E-state index contributed by atoms with van der Waals surface area (Å²) < 4.78 is 28.1. The number of sulfonamides is 1. The van der Waals surface area contributed by atoms with E-state index >= 15 is 0 Å². The molecule has 0 spiro atoms. The van der Waals surface area contributed by atoms with Crippen LogP contribution in [0.4, 0.5) is 5.69 Å². The third-order valence-corrected chi connectivity index (χ3v) is 7.00. The molecule has 4 rings (SSSR count). The molecule has 2 aromatic carbocycles. The van der Waals surface area contributed by atoms with E-state index in [-0.39, 0.29) is 16.8 Å². The topological polar surface area (TPSA) is 66.5 Å². The Kier molecular flexibility index (Phi) is 4.78. The van der Waals surface area contributed by atoms with Crippen molar-refractivity contribution in [2.24, 2.45) is 0 Å². The Balaban J connectivity index is 1.56. The van der Waals surface area contributed by atoms with Gasteiger partial charge in [0, 0.05) is 23.8 Å². The average molecular weight is 385 g/mol. The number of hydrogen-bond acceptors (Lipinski definition) is 3. The van der Waals surface area contributed by atoms with Gasteiger partial charge in [-0.05, 0) is 62.1 Å². The standard InChI is InChI=1S/C21H24N2O3S/c1-15-6-8-16(9-7-15)21(24)23-13-12-17-14-19(10-11-20(17)23)27(25,26)22-18-4-2-3-5-18/h6-11,14,18,22H,2-5,12-13H2,1H3. The van der Waals surface area contributed by atoms with E-state index in [0.717, 1.165) is 42.5 Å². The number of amides is 1. The molecule has 1 fully saturated rings. The van der Waals surface area contributed by atoms with E-state index in [9.17, 15) is 13.2 Å². The quantitative estimate of drug-likeness (QED) is 0.878. The summed E-state index contributed by atoms with van der Waals surface area (Å²) in [5, 5.41) is 0. The first kappa shape index (κ1) is 18.2. The number of carbonyl (C=O) groups is 1. The number of carbonyl (C=O) groups excluding carboxylic acids is 1. The molecule has 5 nitrogen and oxygen atoms in total. The minimum Gasteiger partial charge on any atom is -0.308 e. The summed E-state index contributed by atoms with van der Waals surface area (Å²) in [6, 6.07) is 12.6. The van der Waals surface area contributed by atoms with Crippen molar-refractivity contribution in [2.75, 3.05) is 11.4 Å². The fraction of sp³-hybridized carbons (Fsp3) is 0.381. The highest BCUT2D eigenvalue weighted by atomic mass is 32.2. The predicted molar refractivity (Wildman–Crippen MR) is 106 cm³/mol. The zero-order valence-corrected chi connectivity index (χ0v) is 16.3. The molecule has 0 bridgehead atoms. The number of fused-ring (bicyclic) bond motifs is 1. The zero-order valence-electron chi connectivity index (χ0n) is 15.4. The molecule has 0 saturated heterocycles. The van der Waals surface area contributed by atoms with Crippen LogP contribution in [0.15, 0.2) is 47.4 Å². The molecule has 0 aromatic heterocycles. The van der Waals surface area contributed by atoms with Crippen LogP contribution in [-0.4, -0.2) is 26.9 Å². The largest absolute Gasteiger partial charge is 0.308 e. The third kappa shape index (κ3) is 3.64. The summed E-state index contributed by atoms with van der Waals surface area (Å²) in [6.45, 7) is 2.56. The number of hydrogen-bond donors (Lipinski definition) is 1. The van der Waals surface area contributed by atoms with Crippen LogP contribution in [0.25, 0.3) is 0 Å². The molecule has 0 unspecified atom stereocenters. The van der Waals surface area contributed by atoms with Gasteiger partial charge >= 0.3 is 0 Å². The predicted octanol–water partition coefficient (Wildman–Crippen LogP) is 3.42. The Morgan fingerprint density at radius 1 is 1.07 bits per heavy atom. The summed E-state index contributed by atoms with van der Waals surface area (Å²) in [4.78, 5) is 14.9. The van der Waals surface area contributed by atoms with Gasteiger partial charge in [-0.25, -0.2) is 13.1 Å². The summed E-state index contributed by atoms with van der Waals surface area (Å²) in [7, 11) is -3.51. The zero-order chi connectivity index (χ0) is 19.0. The van der Waals surface area contributed by atoms with Gasteiger partial charge in [0.2, 0.25) is 10.0 Å². The van der Waals surface area contributed by atoms with Crippen LogP contribution in [-0.2, 0) is 16.4 Å². The second-order valence-corrected chi connectivity index (χ2v) is 9.18. The molecule has 1 heterocycles. The summed E-state index contributed by atoms with van der Waals surface area (Å²) in [6.07, 6.45) is 4.63. The Morgan fingerprint density at radius 3 is 2.48 bits per heavy atom. The molecular weight excluding hydrogens is 360 g/mol. The van der Waals surface area contributed by atoms with E-state index in [4.69, 9.17) is 0 Å². The Morgan fingerprint density at radius 2 is 1.78 bits per heavy atom. The van der Waals surface area contributed by atoms with E-state index in [0.29, 0.717) is 18.5 Å². The summed E-state index contributed by atoms with van der Waals surface area (Å²) >= 11 is 0. The number of anilines is 1. The van der Waals surface area contributed by atoms with Crippen LogP contribution in [0.5, 0.6) is 0 Å². The van der Waals surface area contributed by atoms with Crippen molar-refractivity contribution >= 4 is 21.6 Å². The molecule has 0 atom stereocenters. The second kappa shape index (κ2) is 7.09. The molecule has 1 aliphatic heterocycles. The summed E-state index contributed by atoms with van der Waals surface area (Å²) in [5.41, 5.74) is 3.47. The molecule has 6 heteroatoms. The highest BCUT2D eigenvalue weighted by molar-refractivity contribution is 7.89. The van der Waals surface area contributed by atoms with Crippen LogP contribution in [0.2, 0.25) is 0 Å². The molecule has 2 aliphatic rings. The van der Waals surface area contributed by atoms with Crippen LogP contribution in [0.3, 0.4) is 0 Å². The Labute approximate surface area is 160 Å². The normalized spacial score (nSPS) is 17.3. The monoisotopic (exact) mass is 384 g/mol. The van der Waals surface area contributed by atoms with Crippen LogP contribution >= 0.6 is 0 Å². The minimum absolute atomic E-state index is 0.0443. The van der Waals surface area contributed by atoms with Crippen molar-refractivity contribution in [3.63, 3.8) is 0 Å². The molecule has 2 aromatic rings. The smallest absolute Gasteiger partial charge is 0.258 e. The van der Waals surface area contributed by atoms with Crippen LogP contribution in [0, 0.1) is 6.92 Å². The number of nitrogens with zero attached hydrogens (tertiary/aromatic N) is 1. The van der Waals surface area contributed by atoms with Crippen molar-refractivity contribution < 1.29 is 13.2 Å². The van der Waals surface area contributed by atoms with E-state index in [2.05, 4.69) is 4.72 Å². The lowest BCUT2D eigenvalue weighted by Crippen LogP contribution is -2.32. The first-order valence-corrected chi connectivity index (χ1v) is 11.0. The Bertz CT molecular complexity index is 961.